The lowest BCUT2D eigenvalue weighted by molar-refractivity contribution is -0.375. The second kappa shape index (κ2) is 6.44. The van der Waals surface area contributed by atoms with Crippen LogP contribution in [0.5, 0.6) is 0 Å². The molecule has 0 rings (SSSR count). The van der Waals surface area contributed by atoms with Crippen molar-refractivity contribution in [1.82, 2.24) is 0 Å². The first-order valence-electron chi connectivity index (χ1n) is 5.68. The van der Waals surface area contributed by atoms with Gasteiger partial charge in [0.1, 0.15) is 0 Å². The third-order valence-electron chi connectivity index (χ3n) is 3.09. The Kier molecular flexibility index (Phi) is 6.10. The van der Waals surface area contributed by atoms with Crippen LogP contribution < -0.4 is 0 Å². The van der Waals surface area contributed by atoms with Gasteiger partial charge in [0.25, 0.3) is 11.1 Å². The minimum atomic E-state index is -6.60. The van der Waals surface area contributed by atoms with Gasteiger partial charge in [-0.2, -0.15) is 52.7 Å². The Hall–Kier alpha value is -1.32. The summed E-state index contributed by atoms with van der Waals surface area (Å²) in [6.45, 7) is 0. The van der Waals surface area contributed by atoms with Gasteiger partial charge >= 0.3 is 24.7 Å². The molecule has 0 saturated heterocycles. The fraction of sp³-hybridized carbons (Fsp3) is 1.00. The van der Waals surface area contributed by atoms with Gasteiger partial charge in [0.2, 0.25) is 0 Å². The zero-order valence-corrected chi connectivity index (χ0v) is 11.3. The average Bonchev–Trinajstić information content (AvgIpc) is 2.29. The molecule has 0 aliphatic heterocycles. The summed E-state index contributed by atoms with van der Waals surface area (Å²) in [7, 11) is 0. The number of hydrogen-bond acceptors (Lipinski definition) is 4. The summed E-state index contributed by atoms with van der Waals surface area (Å²) < 4.78 is 149. The number of nitroso groups, excluding NO2 is 1. The highest BCUT2D eigenvalue weighted by Crippen LogP contribution is 2.51. The Morgan fingerprint density at radius 1 is 0.680 bits per heavy atom. The summed E-state index contributed by atoms with van der Waals surface area (Å²) >= 11 is 0. The smallest absolute Gasteiger partial charge is 0.393 e. The summed E-state index contributed by atoms with van der Waals surface area (Å²) in [5, 5.41) is 18.3. The zero-order chi connectivity index (χ0) is 20.7. The van der Waals surface area contributed by atoms with Crippen molar-refractivity contribution < 1.29 is 62.9 Å². The van der Waals surface area contributed by atoms with E-state index in [1.165, 1.54) is 0 Å². The van der Waals surface area contributed by atoms with E-state index in [1.54, 1.807) is 0 Å². The predicted octanol–water partition coefficient (Wildman–Crippen LogP) is 3.61. The molecule has 0 saturated carbocycles. The van der Waals surface area contributed by atoms with Crippen LogP contribution in [0.25, 0.3) is 0 Å². The molecule has 0 aliphatic carbocycles. The molecule has 0 radical (unpaired) electrons. The van der Waals surface area contributed by atoms with Crippen molar-refractivity contribution in [3.63, 3.8) is 0 Å². The van der Waals surface area contributed by atoms with E-state index >= 15 is 0 Å². The lowest BCUT2D eigenvalue weighted by atomic mass is 9.85. The summed E-state index contributed by atoms with van der Waals surface area (Å²) in [4.78, 5) is 10.1. The number of alkyl halides is 12. The van der Waals surface area contributed by atoms with E-state index in [4.69, 9.17) is 10.2 Å². The molecule has 1 unspecified atom stereocenters. The molecular weight excluding hydrogens is 398 g/mol. The molecule has 0 amide bonds. The molecule has 2 N–H and O–H groups in total. The molecule has 0 heterocycles. The standard InChI is InChI=1S/C9H7F12NO3/c10-6(11,12)4(22-25,7(13,14)15)1-3(23)2-5(24,8(16,17)18)9(19,20)21/h3,23-24H,1-2H2. The van der Waals surface area contributed by atoms with Crippen LogP contribution in [0.2, 0.25) is 0 Å². The molecule has 25 heavy (non-hydrogen) atoms. The van der Waals surface area contributed by atoms with Crippen molar-refractivity contribution in [3.05, 3.63) is 4.91 Å². The monoisotopic (exact) mass is 405 g/mol. The summed E-state index contributed by atoms with van der Waals surface area (Å²) in [6, 6.07) is 0. The largest absolute Gasteiger partial charge is 0.426 e. The van der Waals surface area contributed by atoms with Gasteiger partial charge in [0.05, 0.1) is 6.10 Å². The minimum Gasteiger partial charge on any atom is -0.393 e. The Labute approximate surface area is 129 Å². The third kappa shape index (κ3) is 4.27. The summed E-state index contributed by atoms with van der Waals surface area (Å²) in [6.07, 6.45) is -36.1. The second-order valence-corrected chi connectivity index (χ2v) is 4.86. The number of aliphatic hydroxyl groups is 2. The number of halogens is 12. The van der Waals surface area contributed by atoms with Gasteiger partial charge in [-0.05, 0) is 5.18 Å². The zero-order valence-electron chi connectivity index (χ0n) is 11.3. The molecule has 0 aromatic carbocycles. The van der Waals surface area contributed by atoms with Crippen molar-refractivity contribution in [2.24, 2.45) is 5.18 Å². The van der Waals surface area contributed by atoms with Crippen LogP contribution in [0.15, 0.2) is 5.18 Å². The Morgan fingerprint density at radius 2 is 1.00 bits per heavy atom. The fourth-order valence-electron chi connectivity index (χ4n) is 1.68. The normalized spacial score (nSPS) is 16.7. The van der Waals surface area contributed by atoms with Crippen molar-refractivity contribution in [2.75, 3.05) is 0 Å². The maximum atomic E-state index is 12.5. The highest BCUT2D eigenvalue weighted by atomic mass is 19.4. The molecule has 150 valence electrons. The first-order valence-corrected chi connectivity index (χ1v) is 5.68. The van der Waals surface area contributed by atoms with E-state index in [0.29, 0.717) is 0 Å². The number of hydrogen-bond donors (Lipinski definition) is 2. The summed E-state index contributed by atoms with van der Waals surface area (Å²) in [5.41, 5.74) is -11.5. The molecule has 0 spiro atoms. The Morgan fingerprint density at radius 3 is 1.20 bits per heavy atom. The molecule has 0 aliphatic rings. The first kappa shape index (κ1) is 23.7. The van der Waals surface area contributed by atoms with E-state index in [1.807, 2.05) is 0 Å². The van der Waals surface area contributed by atoms with Gasteiger partial charge in [-0.25, -0.2) is 0 Å². The summed E-state index contributed by atoms with van der Waals surface area (Å²) in [5.74, 6) is 0. The maximum absolute atomic E-state index is 12.5. The molecule has 4 nitrogen and oxygen atoms in total. The lowest BCUT2D eigenvalue weighted by Gasteiger charge is -2.36. The van der Waals surface area contributed by atoms with Gasteiger partial charge in [0, 0.05) is 12.8 Å². The van der Waals surface area contributed by atoms with Crippen LogP contribution in [0.1, 0.15) is 12.8 Å². The molecule has 0 aromatic rings. The van der Waals surface area contributed by atoms with Gasteiger partial charge in [-0.1, -0.05) is 0 Å². The van der Waals surface area contributed by atoms with Gasteiger partial charge in [0.15, 0.2) is 0 Å². The molecule has 0 bridgehead atoms. The highest BCUT2D eigenvalue weighted by Gasteiger charge is 2.75. The van der Waals surface area contributed by atoms with Gasteiger partial charge < -0.3 is 10.2 Å². The highest BCUT2D eigenvalue weighted by molar-refractivity contribution is 5.05. The third-order valence-corrected chi connectivity index (χ3v) is 3.09. The number of nitrogens with zero attached hydrogens (tertiary/aromatic N) is 1. The lowest BCUT2D eigenvalue weighted by Crippen LogP contribution is -2.61. The molecule has 16 heteroatoms. The van der Waals surface area contributed by atoms with Crippen LogP contribution in [-0.2, 0) is 0 Å². The van der Waals surface area contributed by atoms with Crippen molar-refractivity contribution in [3.8, 4) is 0 Å². The van der Waals surface area contributed by atoms with E-state index in [2.05, 4.69) is 0 Å². The van der Waals surface area contributed by atoms with Crippen LogP contribution in [0.3, 0.4) is 0 Å². The first-order chi connectivity index (χ1) is 10.7. The second-order valence-electron chi connectivity index (χ2n) is 4.86. The van der Waals surface area contributed by atoms with E-state index in [0.717, 1.165) is 5.18 Å². The predicted molar refractivity (Wildman–Crippen MR) is 52.9 cm³/mol. The molecule has 0 aromatic heterocycles. The molecule has 0 fully saturated rings. The maximum Gasteiger partial charge on any atom is 0.426 e. The Bertz CT molecular complexity index is 448. The fourth-order valence-corrected chi connectivity index (χ4v) is 1.68. The SMILES string of the molecule is O=NC(CC(O)CC(O)(C(F)(F)F)C(F)(F)F)(C(F)(F)F)C(F)(F)F. The number of aliphatic hydroxyl groups excluding tert-OH is 1. The van der Waals surface area contributed by atoms with Crippen LogP contribution in [-0.4, -0.2) is 52.2 Å². The van der Waals surface area contributed by atoms with E-state index < -0.39 is 54.8 Å². The quantitative estimate of drug-likeness (QED) is 0.543. The molecular formula is C9H7F12NO3. The van der Waals surface area contributed by atoms with Gasteiger partial charge in [-0.15, -0.1) is 4.91 Å². The molecule has 1 atom stereocenters. The van der Waals surface area contributed by atoms with Crippen molar-refractivity contribution in [1.29, 1.82) is 0 Å². The average molecular weight is 405 g/mol. The van der Waals surface area contributed by atoms with Gasteiger partial charge in [-0.3, -0.25) is 0 Å². The van der Waals surface area contributed by atoms with Crippen molar-refractivity contribution >= 4 is 0 Å². The minimum absolute atomic E-state index is 0.752. The topological polar surface area (TPSA) is 69.9 Å². The van der Waals surface area contributed by atoms with Crippen LogP contribution in [0, 0.1) is 4.91 Å². The van der Waals surface area contributed by atoms with Crippen LogP contribution >= 0.6 is 0 Å². The van der Waals surface area contributed by atoms with Crippen molar-refractivity contribution in [2.45, 2.75) is 54.8 Å². The number of rotatable bonds is 5. The Balaban J connectivity index is 5.90. The van der Waals surface area contributed by atoms with E-state index in [-0.39, 0.29) is 0 Å². The van der Waals surface area contributed by atoms with Crippen LogP contribution in [0.4, 0.5) is 52.7 Å². The van der Waals surface area contributed by atoms with E-state index in [9.17, 15) is 57.6 Å².